The molecule has 0 amide bonds. The first-order valence-electron chi connectivity index (χ1n) is 6.16. The summed E-state index contributed by atoms with van der Waals surface area (Å²) in [7, 11) is 3.46. The van der Waals surface area contributed by atoms with Crippen LogP contribution in [0.2, 0.25) is 0 Å². The van der Waals surface area contributed by atoms with Crippen LogP contribution in [-0.4, -0.2) is 38.0 Å². The van der Waals surface area contributed by atoms with Gasteiger partial charge in [0.2, 0.25) is 5.90 Å². The second-order valence-corrected chi connectivity index (χ2v) is 4.78. The van der Waals surface area contributed by atoms with Crippen molar-refractivity contribution in [1.82, 2.24) is 10.3 Å². The predicted molar refractivity (Wildman–Crippen MR) is 69.3 cm³/mol. The maximum Gasteiger partial charge on any atom is 0.416 e. The van der Waals surface area contributed by atoms with E-state index in [9.17, 15) is 13.2 Å². The molecule has 0 saturated heterocycles. The number of alkyl halides is 3. The van der Waals surface area contributed by atoms with Crippen LogP contribution in [0.25, 0.3) is 0 Å². The molecule has 0 aliphatic carbocycles. The number of benzene rings is 1. The molecule has 1 aromatic rings. The van der Waals surface area contributed by atoms with Crippen LogP contribution in [0.4, 0.5) is 13.2 Å². The lowest BCUT2D eigenvalue weighted by atomic mass is 10.0. The minimum atomic E-state index is -4.40. The molecule has 0 radical (unpaired) electrons. The lowest BCUT2D eigenvalue weighted by molar-refractivity contribution is -0.138. The Bertz CT molecular complexity index is 512. The molecule has 1 aromatic carbocycles. The molecule has 1 N–H and O–H groups in total. The highest BCUT2D eigenvalue weighted by molar-refractivity contribution is 5.94. The summed E-state index contributed by atoms with van der Waals surface area (Å²) < 4.78 is 44.7. The summed E-state index contributed by atoms with van der Waals surface area (Å²) in [6.45, 7) is 1.16. The second-order valence-electron chi connectivity index (χ2n) is 4.78. The molecule has 0 atom stereocenters. The molecule has 2 rings (SSSR count). The molecule has 20 heavy (non-hydrogen) atoms. The summed E-state index contributed by atoms with van der Waals surface area (Å²) in [4.78, 5) is 1.69. The van der Waals surface area contributed by atoms with Crippen molar-refractivity contribution in [3.63, 3.8) is 0 Å². The molecule has 4 nitrogen and oxygen atoms in total. The summed E-state index contributed by atoms with van der Waals surface area (Å²) in [6, 6.07) is 4.16. The molecule has 1 aliphatic rings. The van der Waals surface area contributed by atoms with E-state index < -0.39 is 11.7 Å². The van der Waals surface area contributed by atoms with Crippen LogP contribution < -0.4 is 5.43 Å². The fourth-order valence-electron chi connectivity index (χ4n) is 1.95. The number of hydrogen-bond acceptors (Lipinski definition) is 4. The summed E-state index contributed by atoms with van der Waals surface area (Å²) in [5.41, 5.74) is 2.62. The molecular weight excluding hydrogens is 271 g/mol. The predicted octanol–water partition coefficient (Wildman–Crippen LogP) is 2.05. The molecule has 0 saturated carbocycles. The van der Waals surface area contributed by atoms with Gasteiger partial charge in [0.05, 0.1) is 12.1 Å². The van der Waals surface area contributed by atoms with Crippen molar-refractivity contribution in [2.45, 2.75) is 12.7 Å². The maximum absolute atomic E-state index is 13.1. The Morgan fingerprint density at radius 3 is 2.65 bits per heavy atom. The van der Waals surface area contributed by atoms with Gasteiger partial charge in [-0.15, -0.1) is 5.10 Å². The Labute approximate surface area is 115 Å². The summed E-state index contributed by atoms with van der Waals surface area (Å²) >= 11 is 0. The molecular formula is C13H16F3N3O. The minimum Gasteiger partial charge on any atom is -0.474 e. The smallest absolute Gasteiger partial charge is 0.416 e. The van der Waals surface area contributed by atoms with Crippen LogP contribution in [-0.2, 0) is 17.5 Å². The number of halogens is 3. The highest BCUT2D eigenvalue weighted by Crippen LogP contribution is 2.33. The van der Waals surface area contributed by atoms with Gasteiger partial charge in [-0.05, 0) is 31.8 Å². The average molecular weight is 287 g/mol. The molecule has 0 bridgehead atoms. The number of hydrogen-bond donors (Lipinski definition) is 1. The van der Waals surface area contributed by atoms with Gasteiger partial charge in [-0.1, -0.05) is 6.07 Å². The lowest BCUT2D eigenvalue weighted by Crippen LogP contribution is -2.26. The van der Waals surface area contributed by atoms with Gasteiger partial charge in [0.25, 0.3) is 0 Å². The molecule has 0 spiro atoms. The van der Waals surface area contributed by atoms with Gasteiger partial charge < -0.3 is 15.1 Å². The Kier molecular flexibility index (Phi) is 4.17. The summed E-state index contributed by atoms with van der Waals surface area (Å²) in [5.74, 6) is 0.193. The maximum atomic E-state index is 13.1. The van der Waals surface area contributed by atoms with E-state index in [4.69, 9.17) is 4.74 Å². The van der Waals surface area contributed by atoms with Crippen LogP contribution >= 0.6 is 0 Å². The largest absolute Gasteiger partial charge is 0.474 e. The zero-order valence-electron chi connectivity index (χ0n) is 11.3. The van der Waals surface area contributed by atoms with Crippen molar-refractivity contribution in [3.05, 3.63) is 34.9 Å². The molecule has 1 aliphatic heterocycles. The number of nitrogens with zero attached hydrogens (tertiary/aromatic N) is 2. The third kappa shape index (κ3) is 3.41. The van der Waals surface area contributed by atoms with Crippen LogP contribution in [0.3, 0.4) is 0 Å². The van der Waals surface area contributed by atoms with Gasteiger partial charge in [0.15, 0.2) is 0 Å². The number of nitrogens with one attached hydrogen (secondary N) is 1. The van der Waals surface area contributed by atoms with Gasteiger partial charge >= 0.3 is 6.18 Å². The normalized spacial score (nSPS) is 15.6. The van der Waals surface area contributed by atoms with E-state index in [0.29, 0.717) is 18.7 Å². The fraction of sp³-hybridized carbons (Fsp3) is 0.462. The molecule has 110 valence electrons. The number of hydrazone groups is 1. The Hall–Kier alpha value is -1.76. The van der Waals surface area contributed by atoms with E-state index in [1.165, 1.54) is 6.07 Å². The highest BCUT2D eigenvalue weighted by Gasteiger charge is 2.34. The van der Waals surface area contributed by atoms with E-state index in [2.05, 4.69) is 10.5 Å². The van der Waals surface area contributed by atoms with Crippen LogP contribution in [0.5, 0.6) is 0 Å². The fourth-order valence-corrected chi connectivity index (χ4v) is 1.95. The Morgan fingerprint density at radius 2 is 2.10 bits per heavy atom. The van der Waals surface area contributed by atoms with Crippen molar-refractivity contribution in [1.29, 1.82) is 0 Å². The quantitative estimate of drug-likeness (QED) is 0.924. The minimum absolute atomic E-state index is 0.193. The van der Waals surface area contributed by atoms with Gasteiger partial charge in [0.1, 0.15) is 6.61 Å². The first-order valence-corrected chi connectivity index (χ1v) is 6.16. The molecule has 0 unspecified atom stereocenters. The molecule has 0 aromatic heterocycles. The first-order chi connectivity index (χ1) is 9.38. The Morgan fingerprint density at radius 1 is 1.35 bits per heavy atom. The van der Waals surface area contributed by atoms with Crippen molar-refractivity contribution >= 4 is 5.90 Å². The van der Waals surface area contributed by atoms with E-state index in [1.54, 1.807) is 25.1 Å². The van der Waals surface area contributed by atoms with E-state index in [-0.39, 0.29) is 18.0 Å². The average Bonchev–Trinajstić information content (AvgIpc) is 2.38. The SMILES string of the molecule is CN(C)Cc1ccc(C2=NNCCO2)cc1C(F)(F)F. The number of rotatable bonds is 3. The van der Waals surface area contributed by atoms with Crippen molar-refractivity contribution in [3.8, 4) is 0 Å². The summed E-state index contributed by atoms with van der Waals surface area (Å²) in [6.07, 6.45) is -4.40. The molecule has 7 heteroatoms. The topological polar surface area (TPSA) is 36.9 Å². The van der Waals surface area contributed by atoms with Crippen molar-refractivity contribution < 1.29 is 17.9 Å². The van der Waals surface area contributed by atoms with Crippen LogP contribution in [0, 0.1) is 0 Å². The zero-order chi connectivity index (χ0) is 14.8. The van der Waals surface area contributed by atoms with Crippen LogP contribution in [0.1, 0.15) is 16.7 Å². The third-order valence-corrected chi connectivity index (χ3v) is 2.78. The second kappa shape index (κ2) is 5.70. The first kappa shape index (κ1) is 14.6. The lowest BCUT2D eigenvalue weighted by Gasteiger charge is -2.19. The van der Waals surface area contributed by atoms with Gasteiger partial charge in [-0.3, -0.25) is 0 Å². The third-order valence-electron chi connectivity index (χ3n) is 2.78. The van der Waals surface area contributed by atoms with Crippen LogP contribution in [0.15, 0.2) is 23.3 Å². The van der Waals surface area contributed by atoms with E-state index in [0.717, 1.165) is 6.07 Å². The van der Waals surface area contributed by atoms with E-state index in [1.807, 2.05) is 0 Å². The standard InChI is InChI=1S/C13H16F3N3O/c1-19(2)8-10-4-3-9(7-11(10)13(14,15)16)12-18-17-5-6-20-12/h3-4,7,17H,5-6,8H2,1-2H3. The Balaban J connectivity index is 2.40. The van der Waals surface area contributed by atoms with Gasteiger partial charge in [-0.25, -0.2) is 0 Å². The molecule has 0 fully saturated rings. The zero-order valence-corrected chi connectivity index (χ0v) is 11.3. The summed E-state index contributed by atoms with van der Waals surface area (Å²) in [5, 5.41) is 3.88. The van der Waals surface area contributed by atoms with Crippen molar-refractivity contribution in [2.75, 3.05) is 27.2 Å². The van der Waals surface area contributed by atoms with Crippen molar-refractivity contribution in [2.24, 2.45) is 5.10 Å². The molecule has 1 heterocycles. The van der Waals surface area contributed by atoms with E-state index >= 15 is 0 Å². The monoisotopic (exact) mass is 287 g/mol. The van der Waals surface area contributed by atoms with Gasteiger partial charge in [-0.2, -0.15) is 13.2 Å². The highest BCUT2D eigenvalue weighted by atomic mass is 19.4. The number of ether oxygens (including phenoxy) is 1. The van der Waals surface area contributed by atoms with Gasteiger partial charge in [0, 0.05) is 12.1 Å².